The molecule has 2 aromatic carbocycles. The van der Waals surface area contributed by atoms with Crippen LogP contribution in [-0.4, -0.2) is 12.5 Å². The number of ether oxygens (including phenoxy) is 1. The van der Waals surface area contributed by atoms with Crippen molar-refractivity contribution in [1.29, 1.82) is 5.26 Å². The lowest BCUT2D eigenvalue weighted by Crippen LogP contribution is -2.38. The largest absolute Gasteiger partial charge is 0.494 e. The van der Waals surface area contributed by atoms with Gasteiger partial charge in [0.05, 0.1) is 23.3 Å². The maximum atomic E-state index is 13.2. The summed E-state index contributed by atoms with van der Waals surface area (Å²) in [4.78, 5) is 13.2. The molecule has 1 aliphatic carbocycles. The summed E-state index contributed by atoms with van der Waals surface area (Å²) in [5, 5.41) is 13.1. The molecule has 0 saturated heterocycles. The fourth-order valence-electron chi connectivity index (χ4n) is 3.62. The number of amides is 1. The minimum absolute atomic E-state index is 0.0713. The summed E-state index contributed by atoms with van der Waals surface area (Å²) < 4.78 is 5.43. The summed E-state index contributed by atoms with van der Waals surface area (Å²) in [7, 11) is 0. The van der Waals surface area contributed by atoms with Gasteiger partial charge in [0.15, 0.2) is 0 Å². The molecule has 1 N–H and O–H groups in total. The first-order valence-corrected chi connectivity index (χ1v) is 9.21. The van der Waals surface area contributed by atoms with Crippen molar-refractivity contribution < 1.29 is 9.53 Å². The molecule has 0 aliphatic heterocycles. The van der Waals surface area contributed by atoms with Crippen LogP contribution in [0.15, 0.2) is 42.5 Å². The predicted molar refractivity (Wildman–Crippen MR) is 103 cm³/mol. The third-order valence-corrected chi connectivity index (χ3v) is 5.21. The summed E-state index contributed by atoms with van der Waals surface area (Å²) in [6.07, 6.45) is 3.59. The number of hydrogen-bond acceptors (Lipinski definition) is 3. The van der Waals surface area contributed by atoms with E-state index in [9.17, 15) is 10.1 Å². The molecule has 1 aliphatic rings. The molecule has 3 rings (SSSR count). The van der Waals surface area contributed by atoms with Gasteiger partial charge in [-0.25, -0.2) is 0 Å². The van der Waals surface area contributed by atoms with Crippen molar-refractivity contribution in [2.24, 2.45) is 0 Å². The third kappa shape index (κ3) is 3.54. The summed E-state index contributed by atoms with van der Waals surface area (Å²) in [5.74, 6) is 0.549. The number of anilines is 1. The Kier molecular flexibility index (Phi) is 5.49. The van der Waals surface area contributed by atoms with Gasteiger partial charge >= 0.3 is 0 Å². The van der Waals surface area contributed by atoms with E-state index in [4.69, 9.17) is 16.3 Å². The van der Waals surface area contributed by atoms with Crippen LogP contribution in [0.1, 0.15) is 43.7 Å². The Hall–Kier alpha value is -2.51. The van der Waals surface area contributed by atoms with E-state index in [0.717, 1.165) is 31.2 Å². The van der Waals surface area contributed by atoms with E-state index in [2.05, 4.69) is 11.4 Å². The van der Waals surface area contributed by atoms with Gasteiger partial charge in [-0.05, 0) is 55.7 Å². The van der Waals surface area contributed by atoms with Gasteiger partial charge in [-0.3, -0.25) is 4.79 Å². The molecule has 2 aromatic rings. The molecule has 1 amide bonds. The zero-order valence-corrected chi connectivity index (χ0v) is 15.5. The van der Waals surface area contributed by atoms with Gasteiger partial charge in [0.25, 0.3) is 0 Å². The highest BCUT2D eigenvalue weighted by molar-refractivity contribution is 6.30. The zero-order valence-electron chi connectivity index (χ0n) is 14.7. The van der Waals surface area contributed by atoms with Crippen molar-refractivity contribution in [3.63, 3.8) is 0 Å². The Bertz CT molecular complexity index is 834. The first kappa shape index (κ1) is 18.3. The number of benzene rings is 2. The summed E-state index contributed by atoms with van der Waals surface area (Å²) in [5.41, 5.74) is 1.31. The summed E-state index contributed by atoms with van der Waals surface area (Å²) in [6, 6.07) is 14.8. The van der Waals surface area contributed by atoms with E-state index in [-0.39, 0.29) is 5.91 Å². The van der Waals surface area contributed by atoms with Crippen molar-refractivity contribution >= 4 is 23.2 Å². The number of nitrogens with one attached hydrogen (secondary N) is 1. The van der Waals surface area contributed by atoms with Crippen molar-refractivity contribution in [1.82, 2.24) is 0 Å². The van der Waals surface area contributed by atoms with Crippen molar-refractivity contribution in [2.45, 2.75) is 38.0 Å². The average molecular weight is 369 g/mol. The van der Waals surface area contributed by atoms with Crippen molar-refractivity contribution in [3.05, 3.63) is 58.6 Å². The fraction of sp³-hybridized carbons (Fsp3) is 0.333. The topological polar surface area (TPSA) is 62.1 Å². The van der Waals surface area contributed by atoms with Gasteiger partial charge < -0.3 is 10.1 Å². The lowest BCUT2D eigenvalue weighted by molar-refractivity contribution is -0.121. The van der Waals surface area contributed by atoms with Crippen molar-refractivity contribution in [3.8, 4) is 11.8 Å². The SMILES string of the molecule is CCOc1ccc(NC(=O)C2(c3ccc(Cl)cc3)CCCC2)c(C#N)c1. The van der Waals surface area contributed by atoms with Crippen LogP contribution >= 0.6 is 11.6 Å². The standard InChI is InChI=1S/C21H21ClN2O2/c1-2-26-18-9-10-19(15(13-18)14-23)24-20(25)21(11-3-4-12-21)16-5-7-17(22)8-6-16/h5-10,13H,2-4,11-12H2,1H3,(H,24,25). The Morgan fingerprint density at radius 3 is 2.54 bits per heavy atom. The smallest absolute Gasteiger partial charge is 0.235 e. The van der Waals surface area contributed by atoms with E-state index in [1.165, 1.54) is 0 Å². The second-order valence-corrected chi connectivity index (χ2v) is 6.94. The molecule has 0 spiro atoms. The van der Waals surface area contributed by atoms with Crippen LogP contribution in [-0.2, 0) is 10.2 Å². The van der Waals surface area contributed by atoms with Gasteiger partial charge in [-0.1, -0.05) is 36.6 Å². The van der Waals surface area contributed by atoms with Crippen LogP contribution in [0.25, 0.3) is 0 Å². The molecule has 134 valence electrons. The highest BCUT2D eigenvalue weighted by Gasteiger charge is 2.42. The van der Waals surface area contributed by atoms with Gasteiger partial charge in [0.1, 0.15) is 11.8 Å². The van der Waals surface area contributed by atoms with Crippen LogP contribution in [0.5, 0.6) is 5.75 Å². The quantitative estimate of drug-likeness (QED) is 0.802. The monoisotopic (exact) mass is 368 g/mol. The van der Waals surface area contributed by atoms with Gasteiger partial charge in [-0.15, -0.1) is 0 Å². The van der Waals surface area contributed by atoms with E-state index in [0.29, 0.717) is 28.6 Å². The molecule has 5 heteroatoms. The molecule has 0 radical (unpaired) electrons. The second-order valence-electron chi connectivity index (χ2n) is 6.50. The number of hydrogen-bond donors (Lipinski definition) is 1. The maximum absolute atomic E-state index is 13.2. The normalized spacial score (nSPS) is 15.3. The molecule has 1 fully saturated rings. The molecule has 0 heterocycles. The Morgan fingerprint density at radius 2 is 1.92 bits per heavy atom. The van der Waals surface area contributed by atoms with E-state index >= 15 is 0 Å². The third-order valence-electron chi connectivity index (χ3n) is 4.96. The number of nitrogens with zero attached hydrogens (tertiary/aromatic N) is 1. The highest BCUT2D eigenvalue weighted by Crippen LogP contribution is 2.42. The minimum Gasteiger partial charge on any atom is -0.494 e. The van der Waals surface area contributed by atoms with Crippen molar-refractivity contribution in [2.75, 3.05) is 11.9 Å². The summed E-state index contributed by atoms with van der Waals surface area (Å²) >= 11 is 6.00. The Balaban J connectivity index is 1.90. The molecule has 4 nitrogen and oxygen atoms in total. The first-order valence-electron chi connectivity index (χ1n) is 8.83. The highest BCUT2D eigenvalue weighted by atomic mass is 35.5. The van der Waals surface area contributed by atoms with Crippen LogP contribution in [0.4, 0.5) is 5.69 Å². The van der Waals surface area contributed by atoms with Crippen LogP contribution < -0.4 is 10.1 Å². The molecule has 0 aromatic heterocycles. The molecule has 1 saturated carbocycles. The maximum Gasteiger partial charge on any atom is 0.235 e. The van der Waals surface area contributed by atoms with Crippen LogP contribution in [0.3, 0.4) is 0 Å². The molecule has 0 unspecified atom stereocenters. The molecular weight excluding hydrogens is 348 g/mol. The Morgan fingerprint density at radius 1 is 1.23 bits per heavy atom. The van der Waals surface area contributed by atoms with E-state index < -0.39 is 5.41 Å². The van der Waals surface area contributed by atoms with Gasteiger partial charge in [0.2, 0.25) is 5.91 Å². The average Bonchev–Trinajstić information content (AvgIpc) is 3.15. The van der Waals surface area contributed by atoms with Gasteiger partial charge in [0, 0.05) is 5.02 Å². The molecule has 0 bridgehead atoms. The minimum atomic E-state index is -0.574. The number of halogens is 1. The van der Waals surface area contributed by atoms with E-state index in [1.807, 2.05) is 31.2 Å². The molecular formula is C21H21ClN2O2. The number of rotatable bonds is 5. The van der Waals surface area contributed by atoms with Crippen LogP contribution in [0, 0.1) is 11.3 Å². The number of nitriles is 1. The summed E-state index contributed by atoms with van der Waals surface area (Å²) in [6.45, 7) is 2.41. The fourth-order valence-corrected chi connectivity index (χ4v) is 3.74. The van der Waals surface area contributed by atoms with Gasteiger partial charge in [-0.2, -0.15) is 5.26 Å². The number of carbonyl (C=O) groups excluding carboxylic acids is 1. The first-order chi connectivity index (χ1) is 12.6. The van der Waals surface area contributed by atoms with E-state index in [1.54, 1.807) is 18.2 Å². The number of carbonyl (C=O) groups is 1. The molecule has 26 heavy (non-hydrogen) atoms. The molecule has 0 atom stereocenters. The zero-order chi connectivity index (χ0) is 18.6. The lowest BCUT2D eigenvalue weighted by Gasteiger charge is -2.28. The van der Waals surface area contributed by atoms with Crippen LogP contribution in [0.2, 0.25) is 5.02 Å². The Labute approximate surface area is 158 Å². The lowest BCUT2D eigenvalue weighted by atomic mass is 9.78. The predicted octanol–water partition coefficient (Wildman–Crippen LogP) is 5.06. The second kappa shape index (κ2) is 7.80.